The molecule has 180 valence electrons. The van der Waals surface area contributed by atoms with Gasteiger partial charge in [-0.3, -0.25) is 4.79 Å². The van der Waals surface area contributed by atoms with E-state index in [1.165, 1.54) is 36.8 Å². The van der Waals surface area contributed by atoms with Crippen LogP contribution in [-0.4, -0.2) is 32.9 Å². The molecular weight excluding hydrogens is 454 g/mol. The Hall–Kier alpha value is -3.69. The van der Waals surface area contributed by atoms with Crippen LogP contribution >= 0.6 is 0 Å². The Labute approximate surface area is 193 Å². The molecule has 0 spiro atoms. The van der Waals surface area contributed by atoms with E-state index in [2.05, 4.69) is 10.1 Å². The second-order valence-electron chi connectivity index (χ2n) is 7.60. The van der Waals surface area contributed by atoms with Crippen LogP contribution in [0.5, 0.6) is 0 Å². The molecule has 0 aliphatic rings. The quantitative estimate of drug-likeness (QED) is 0.171. The van der Waals surface area contributed by atoms with Gasteiger partial charge in [0.2, 0.25) is 0 Å². The van der Waals surface area contributed by atoms with Gasteiger partial charge < -0.3 is 14.5 Å². The summed E-state index contributed by atoms with van der Waals surface area (Å²) in [6.45, 7) is 0.100. The number of imidazole rings is 1. The normalized spacial score (nSPS) is 13.0. The van der Waals surface area contributed by atoms with Crippen molar-refractivity contribution in [2.45, 2.75) is 37.9 Å². The maximum Gasteiger partial charge on any atom is 0.416 e. The van der Waals surface area contributed by atoms with E-state index in [4.69, 9.17) is 9.94 Å². The lowest BCUT2D eigenvalue weighted by molar-refractivity contribution is -0.138. The van der Waals surface area contributed by atoms with E-state index in [0.717, 1.165) is 17.7 Å². The third kappa shape index (κ3) is 7.16. The topological polar surface area (TPSA) is 76.7 Å². The number of alkyl halides is 3. The SMILES string of the molecule is O=C(O)CCCCO/N=C(/c1cccc(C(F)(F)F)c1)C(Cc1ccc(F)cc1)n1ccnc1. The molecule has 6 nitrogen and oxygen atoms in total. The average molecular weight is 477 g/mol. The summed E-state index contributed by atoms with van der Waals surface area (Å²) >= 11 is 0. The van der Waals surface area contributed by atoms with Crippen LogP contribution in [-0.2, 0) is 22.2 Å². The van der Waals surface area contributed by atoms with Crippen molar-refractivity contribution in [3.8, 4) is 0 Å². The third-order valence-electron chi connectivity index (χ3n) is 5.07. The van der Waals surface area contributed by atoms with E-state index in [1.54, 1.807) is 22.9 Å². The Morgan fingerprint density at radius 1 is 1.15 bits per heavy atom. The first-order valence-electron chi connectivity index (χ1n) is 10.5. The number of aliphatic carboxylic acids is 1. The molecule has 0 saturated carbocycles. The fourth-order valence-electron chi connectivity index (χ4n) is 3.36. The highest BCUT2D eigenvalue weighted by atomic mass is 19.4. The summed E-state index contributed by atoms with van der Waals surface area (Å²) in [7, 11) is 0. The van der Waals surface area contributed by atoms with Crippen LogP contribution in [0.1, 0.15) is 42.0 Å². The van der Waals surface area contributed by atoms with E-state index in [-0.39, 0.29) is 30.7 Å². The highest BCUT2D eigenvalue weighted by Crippen LogP contribution is 2.31. The number of halogens is 4. The summed E-state index contributed by atoms with van der Waals surface area (Å²) in [5.74, 6) is -1.33. The molecule has 1 unspecified atom stereocenters. The Morgan fingerprint density at radius 2 is 1.91 bits per heavy atom. The van der Waals surface area contributed by atoms with Crippen molar-refractivity contribution >= 4 is 11.7 Å². The van der Waals surface area contributed by atoms with Crippen LogP contribution in [0, 0.1) is 5.82 Å². The molecule has 0 radical (unpaired) electrons. The van der Waals surface area contributed by atoms with Crippen molar-refractivity contribution in [2.75, 3.05) is 6.61 Å². The number of hydrogen-bond donors (Lipinski definition) is 1. The lowest BCUT2D eigenvalue weighted by Crippen LogP contribution is -2.23. The number of hydrogen-bond acceptors (Lipinski definition) is 4. The molecule has 0 fully saturated rings. The second-order valence-corrected chi connectivity index (χ2v) is 7.60. The minimum Gasteiger partial charge on any atom is -0.481 e. The van der Waals surface area contributed by atoms with Crippen LogP contribution in [0.15, 0.2) is 72.4 Å². The molecule has 1 N–H and O–H groups in total. The molecule has 10 heteroatoms. The standard InChI is InChI=1S/C24H23F4N3O3/c25-20-9-7-17(8-10-20)14-21(31-12-11-29-16-31)23(30-34-13-2-1-6-22(32)33)18-4-3-5-19(15-18)24(26,27)28/h3-5,7-12,15-16,21H,1-2,6,13-14H2,(H,32,33)/b30-23-. The number of benzene rings is 2. The van der Waals surface area contributed by atoms with Crippen molar-refractivity contribution < 1.29 is 32.3 Å². The summed E-state index contributed by atoms with van der Waals surface area (Å²) in [4.78, 5) is 20.1. The van der Waals surface area contributed by atoms with Gasteiger partial charge in [-0.15, -0.1) is 0 Å². The largest absolute Gasteiger partial charge is 0.481 e. The number of carboxylic acid groups (broad SMARTS) is 1. The molecule has 0 aliphatic carbocycles. The fraction of sp³-hybridized carbons (Fsp3) is 0.292. The molecule has 3 aromatic rings. The van der Waals surface area contributed by atoms with Crippen molar-refractivity contribution in [3.63, 3.8) is 0 Å². The molecule has 0 bridgehead atoms. The first-order valence-corrected chi connectivity index (χ1v) is 10.5. The van der Waals surface area contributed by atoms with Crippen molar-refractivity contribution in [3.05, 3.63) is 89.8 Å². The first kappa shape index (κ1) is 24.9. The number of carbonyl (C=O) groups is 1. The summed E-state index contributed by atoms with van der Waals surface area (Å²) in [6, 6.07) is 9.98. The minimum absolute atomic E-state index is 0.0181. The van der Waals surface area contributed by atoms with Gasteiger partial charge in [-0.05, 0) is 49.1 Å². The third-order valence-corrected chi connectivity index (χ3v) is 5.07. The summed E-state index contributed by atoms with van der Waals surface area (Å²) in [5, 5.41) is 12.9. The van der Waals surface area contributed by atoms with Gasteiger partial charge in [-0.2, -0.15) is 13.2 Å². The Bertz CT molecular complexity index is 1100. The predicted octanol–water partition coefficient (Wildman–Crippen LogP) is 5.50. The minimum atomic E-state index is -4.54. The maximum absolute atomic E-state index is 13.4. The van der Waals surface area contributed by atoms with E-state index < -0.39 is 29.6 Å². The van der Waals surface area contributed by atoms with E-state index in [0.29, 0.717) is 12.8 Å². The van der Waals surface area contributed by atoms with Crippen molar-refractivity contribution in [1.82, 2.24) is 9.55 Å². The van der Waals surface area contributed by atoms with E-state index >= 15 is 0 Å². The molecule has 0 amide bonds. The van der Waals surface area contributed by atoms with Crippen molar-refractivity contribution in [2.24, 2.45) is 5.16 Å². The molecule has 1 atom stereocenters. The van der Waals surface area contributed by atoms with Gasteiger partial charge in [-0.1, -0.05) is 29.4 Å². The van der Waals surface area contributed by atoms with Crippen LogP contribution in [0.25, 0.3) is 0 Å². The molecule has 34 heavy (non-hydrogen) atoms. The van der Waals surface area contributed by atoms with Gasteiger partial charge in [0.1, 0.15) is 18.1 Å². The maximum atomic E-state index is 13.4. The zero-order valence-corrected chi connectivity index (χ0v) is 18.1. The van der Waals surface area contributed by atoms with Crippen LogP contribution < -0.4 is 0 Å². The summed E-state index contributed by atoms with van der Waals surface area (Å²) < 4.78 is 55.2. The van der Waals surface area contributed by atoms with Crippen LogP contribution in [0.2, 0.25) is 0 Å². The zero-order chi connectivity index (χ0) is 24.6. The molecule has 2 aromatic carbocycles. The highest BCUT2D eigenvalue weighted by molar-refractivity contribution is 6.03. The lowest BCUT2D eigenvalue weighted by atomic mass is 9.95. The van der Waals surface area contributed by atoms with E-state index in [1.807, 2.05) is 0 Å². The van der Waals surface area contributed by atoms with Crippen molar-refractivity contribution in [1.29, 1.82) is 0 Å². The van der Waals surface area contributed by atoms with Crippen LogP contribution in [0.4, 0.5) is 17.6 Å². The number of nitrogens with zero attached hydrogens (tertiary/aromatic N) is 3. The smallest absolute Gasteiger partial charge is 0.416 e. The van der Waals surface area contributed by atoms with Gasteiger partial charge in [0.15, 0.2) is 0 Å². The lowest BCUT2D eigenvalue weighted by Gasteiger charge is -2.22. The van der Waals surface area contributed by atoms with Gasteiger partial charge in [0.25, 0.3) is 0 Å². The number of unbranched alkanes of at least 4 members (excludes halogenated alkanes) is 1. The molecule has 1 aromatic heterocycles. The van der Waals surface area contributed by atoms with Gasteiger partial charge >= 0.3 is 12.1 Å². The monoisotopic (exact) mass is 477 g/mol. The summed E-state index contributed by atoms with van der Waals surface area (Å²) in [5.41, 5.74) is 0.347. The van der Waals surface area contributed by atoms with Gasteiger partial charge in [-0.25, -0.2) is 9.37 Å². The fourth-order valence-corrected chi connectivity index (χ4v) is 3.36. The second kappa shape index (κ2) is 11.4. The molecular formula is C24H23F4N3O3. The highest BCUT2D eigenvalue weighted by Gasteiger charge is 2.31. The Kier molecular flexibility index (Phi) is 8.39. The number of oxime groups is 1. The average Bonchev–Trinajstić information content (AvgIpc) is 3.33. The molecule has 3 rings (SSSR count). The van der Waals surface area contributed by atoms with E-state index in [9.17, 15) is 22.4 Å². The van der Waals surface area contributed by atoms with Gasteiger partial charge in [0.05, 0.1) is 17.9 Å². The van der Waals surface area contributed by atoms with Gasteiger partial charge in [0, 0.05) is 24.4 Å². The number of rotatable bonds is 11. The molecule has 0 aliphatic heterocycles. The molecule has 0 saturated heterocycles. The Balaban J connectivity index is 1.95. The summed E-state index contributed by atoms with van der Waals surface area (Å²) in [6.07, 6.45) is 1.23. The molecule has 1 heterocycles. The Morgan fingerprint density at radius 3 is 2.56 bits per heavy atom. The van der Waals surface area contributed by atoms with Crippen LogP contribution in [0.3, 0.4) is 0 Å². The number of aromatic nitrogens is 2. The zero-order valence-electron chi connectivity index (χ0n) is 18.1. The predicted molar refractivity (Wildman–Crippen MR) is 117 cm³/mol. The number of carboxylic acids is 1. The first-order chi connectivity index (χ1) is 16.2.